The smallest absolute Gasteiger partial charge is 0.274 e. The number of benzene rings is 2. The maximum atomic E-state index is 12.5. The van der Waals surface area contributed by atoms with Gasteiger partial charge in [-0.15, -0.1) is 0 Å². The summed E-state index contributed by atoms with van der Waals surface area (Å²) >= 11 is 6.16. The normalized spacial score (nSPS) is 10.2. The lowest BCUT2D eigenvalue weighted by Crippen LogP contribution is -2.14. The van der Waals surface area contributed by atoms with Gasteiger partial charge in [-0.05, 0) is 48.0 Å². The van der Waals surface area contributed by atoms with Gasteiger partial charge in [0.15, 0.2) is 0 Å². The molecule has 1 aromatic heterocycles. The van der Waals surface area contributed by atoms with Crippen molar-refractivity contribution in [3.8, 4) is 0 Å². The molecule has 0 aliphatic rings. The summed E-state index contributed by atoms with van der Waals surface area (Å²) in [6, 6.07) is 17.9. The minimum atomic E-state index is -0.325. The van der Waals surface area contributed by atoms with E-state index in [9.17, 15) is 9.59 Å². The summed E-state index contributed by atoms with van der Waals surface area (Å²) in [5.74, 6) is -0.476. The molecule has 0 bridgehead atoms. The Bertz CT molecular complexity index is 990. The highest BCUT2D eigenvalue weighted by Crippen LogP contribution is 2.18. The van der Waals surface area contributed by atoms with Crippen LogP contribution in [0.2, 0.25) is 5.02 Å². The fourth-order valence-corrected chi connectivity index (χ4v) is 2.74. The van der Waals surface area contributed by atoms with Gasteiger partial charge < -0.3 is 16.0 Å². The molecule has 3 rings (SSSR count). The summed E-state index contributed by atoms with van der Waals surface area (Å²) in [6.07, 6.45) is 1.57. The molecule has 28 heavy (non-hydrogen) atoms. The molecule has 0 aliphatic carbocycles. The number of rotatable bonds is 6. The van der Waals surface area contributed by atoms with E-state index in [0.29, 0.717) is 22.9 Å². The van der Waals surface area contributed by atoms with Gasteiger partial charge in [-0.2, -0.15) is 0 Å². The standard InChI is InChI=1S/C21H19ClN4O2/c1-14(27)25-16-6-8-17(9-7-16)26-21(28)20-12-18(10-11-23-20)24-13-15-4-2-3-5-19(15)22/h2-12H,13H2,1H3,(H,23,24)(H,25,27)(H,26,28). The molecule has 0 atom stereocenters. The number of amides is 2. The summed E-state index contributed by atoms with van der Waals surface area (Å²) in [4.78, 5) is 27.6. The molecule has 7 heteroatoms. The van der Waals surface area contributed by atoms with Crippen molar-refractivity contribution in [2.24, 2.45) is 0 Å². The third kappa shape index (κ3) is 5.31. The highest BCUT2D eigenvalue weighted by molar-refractivity contribution is 6.31. The quantitative estimate of drug-likeness (QED) is 0.572. The van der Waals surface area contributed by atoms with Crippen molar-refractivity contribution in [1.82, 2.24) is 4.98 Å². The Labute approximate surface area is 168 Å². The van der Waals surface area contributed by atoms with Gasteiger partial charge in [0.2, 0.25) is 5.91 Å². The molecule has 0 aliphatic heterocycles. The van der Waals surface area contributed by atoms with Crippen molar-refractivity contribution in [2.75, 3.05) is 16.0 Å². The number of hydrogen-bond acceptors (Lipinski definition) is 4. The molecule has 0 fully saturated rings. The highest BCUT2D eigenvalue weighted by Gasteiger charge is 2.09. The van der Waals surface area contributed by atoms with E-state index in [2.05, 4.69) is 20.9 Å². The van der Waals surface area contributed by atoms with E-state index >= 15 is 0 Å². The second kappa shape index (κ2) is 9.01. The number of nitrogens with zero attached hydrogens (tertiary/aromatic N) is 1. The van der Waals surface area contributed by atoms with Crippen molar-refractivity contribution >= 4 is 40.5 Å². The monoisotopic (exact) mass is 394 g/mol. The molecule has 0 saturated heterocycles. The van der Waals surface area contributed by atoms with E-state index < -0.39 is 0 Å². The molecule has 3 aromatic rings. The van der Waals surface area contributed by atoms with Crippen molar-refractivity contribution in [3.05, 3.63) is 83.1 Å². The van der Waals surface area contributed by atoms with Crippen LogP contribution in [0.1, 0.15) is 23.0 Å². The lowest BCUT2D eigenvalue weighted by Gasteiger charge is -2.10. The molecule has 6 nitrogen and oxygen atoms in total. The van der Waals surface area contributed by atoms with E-state index in [0.717, 1.165) is 11.3 Å². The third-order valence-corrected chi connectivity index (χ3v) is 4.27. The van der Waals surface area contributed by atoms with Gasteiger partial charge in [-0.1, -0.05) is 29.8 Å². The first-order chi connectivity index (χ1) is 13.5. The molecule has 0 unspecified atom stereocenters. The second-order valence-electron chi connectivity index (χ2n) is 6.09. The average Bonchev–Trinajstić information content (AvgIpc) is 2.69. The Morgan fingerprint density at radius 2 is 1.61 bits per heavy atom. The molecule has 0 spiro atoms. The van der Waals surface area contributed by atoms with Gasteiger partial charge in [-0.25, -0.2) is 0 Å². The molecule has 0 radical (unpaired) electrons. The van der Waals surface area contributed by atoms with E-state index in [4.69, 9.17) is 11.6 Å². The maximum absolute atomic E-state index is 12.5. The molecule has 3 N–H and O–H groups in total. The van der Waals surface area contributed by atoms with Gasteiger partial charge in [-0.3, -0.25) is 14.6 Å². The van der Waals surface area contributed by atoms with E-state index in [-0.39, 0.29) is 17.5 Å². The molecule has 0 saturated carbocycles. The first-order valence-electron chi connectivity index (χ1n) is 8.63. The number of carbonyl (C=O) groups excluding carboxylic acids is 2. The minimum Gasteiger partial charge on any atom is -0.381 e. The van der Waals surface area contributed by atoms with E-state index in [1.165, 1.54) is 6.92 Å². The highest BCUT2D eigenvalue weighted by atomic mass is 35.5. The van der Waals surface area contributed by atoms with Crippen LogP contribution in [0, 0.1) is 0 Å². The Hall–Kier alpha value is -3.38. The fraction of sp³-hybridized carbons (Fsp3) is 0.0952. The zero-order valence-electron chi connectivity index (χ0n) is 15.2. The maximum Gasteiger partial charge on any atom is 0.274 e. The van der Waals surface area contributed by atoms with Gasteiger partial charge >= 0.3 is 0 Å². The van der Waals surface area contributed by atoms with Crippen molar-refractivity contribution in [3.63, 3.8) is 0 Å². The third-order valence-electron chi connectivity index (χ3n) is 3.90. The second-order valence-corrected chi connectivity index (χ2v) is 6.49. The van der Waals surface area contributed by atoms with Crippen LogP contribution in [-0.4, -0.2) is 16.8 Å². The van der Waals surface area contributed by atoms with Crippen LogP contribution in [0.3, 0.4) is 0 Å². The summed E-state index contributed by atoms with van der Waals surface area (Å²) in [5.41, 5.74) is 3.28. The molecule has 142 valence electrons. The van der Waals surface area contributed by atoms with Crippen molar-refractivity contribution < 1.29 is 9.59 Å². The molecule has 1 heterocycles. The lowest BCUT2D eigenvalue weighted by molar-refractivity contribution is -0.114. The fourth-order valence-electron chi connectivity index (χ4n) is 2.54. The van der Waals surface area contributed by atoms with Crippen molar-refractivity contribution in [1.29, 1.82) is 0 Å². The van der Waals surface area contributed by atoms with Crippen LogP contribution < -0.4 is 16.0 Å². The number of aromatic nitrogens is 1. The lowest BCUT2D eigenvalue weighted by atomic mass is 10.2. The number of hydrogen-bond donors (Lipinski definition) is 3. The van der Waals surface area contributed by atoms with Crippen LogP contribution in [-0.2, 0) is 11.3 Å². The molecular weight excluding hydrogens is 376 g/mol. The number of anilines is 3. The van der Waals surface area contributed by atoms with E-state index in [1.807, 2.05) is 24.3 Å². The Kier molecular flexibility index (Phi) is 6.24. The predicted octanol–water partition coefficient (Wildman–Crippen LogP) is 4.56. The Morgan fingerprint density at radius 3 is 2.29 bits per heavy atom. The number of pyridine rings is 1. The van der Waals surface area contributed by atoms with Crippen LogP contribution >= 0.6 is 11.6 Å². The van der Waals surface area contributed by atoms with Gasteiger partial charge in [0.1, 0.15) is 5.69 Å². The SMILES string of the molecule is CC(=O)Nc1ccc(NC(=O)c2cc(NCc3ccccc3Cl)ccn2)cc1. The first-order valence-corrected chi connectivity index (χ1v) is 9.01. The molecule has 2 amide bonds. The summed E-state index contributed by atoms with van der Waals surface area (Å²) < 4.78 is 0. The zero-order chi connectivity index (χ0) is 19.9. The first kappa shape index (κ1) is 19.4. The Balaban J connectivity index is 1.63. The van der Waals surface area contributed by atoms with E-state index in [1.54, 1.807) is 42.6 Å². The number of nitrogens with one attached hydrogen (secondary N) is 3. The predicted molar refractivity (Wildman–Crippen MR) is 112 cm³/mol. The Morgan fingerprint density at radius 1 is 0.929 bits per heavy atom. The zero-order valence-corrected chi connectivity index (χ0v) is 16.0. The average molecular weight is 395 g/mol. The number of halogens is 1. The largest absolute Gasteiger partial charge is 0.381 e. The molecular formula is C21H19ClN4O2. The van der Waals surface area contributed by atoms with Crippen LogP contribution in [0.5, 0.6) is 0 Å². The van der Waals surface area contributed by atoms with Gasteiger partial charge in [0.25, 0.3) is 5.91 Å². The summed E-state index contributed by atoms with van der Waals surface area (Å²) in [6.45, 7) is 1.98. The summed E-state index contributed by atoms with van der Waals surface area (Å²) in [7, 11) is 0. The van der Waals surface area contributed by atoms with Gasteiger partial charge in [0.05, 0.1) is 0 Å². The van der Waals surface area contributed by atoms with Crippen molar-refractivity contribution in [2.45, 2.75) is 13.5 Å². The minimum absolute atomic E-state index is 0.151. The number of carbonyl (C=O) groups is 2. The van der Waals surface area contributed by atoms with Crippen LogP contribution in [0.4, 0.5) is 17.1 Å². The van der Waals surface area contributed by atoms with Gasteiger partial charge in [0, 0.05) is 41.8 Å². The topological polar surface area (TPSA) is 83.1 Å². The van der Waals surface area contributed by atoms with Crippen LogP contribution in [0.15, 0.2) is 66.9 Å². The summed E-state index contributed by atoms with van der Waals surface area (Å²) in [5, 5.41) is 9.39. The van der Waals surface area contributed by atoms with Crippen LogP contribution in [0.25, 0.3) is 0 Å². The molecule has 2 aromatic carbocycles.